The van der Waals surface area contributed by atoms with Crippen LogP contribution in [0.15, 0.2) is 36.7 Å². The van der Waals surface area contributed by atoms with Gasteiger partial charge in [0.2, 0.25) is 0 Å². The summed E-state index contributed by atoms with van der Waals surface area (Å²) >= 11 is 0. The van der Waals surface area contributed by atoms with E-state index >= 15 is 0 Å². The minimum absolute atomic E-state index is 0.0620. The average molecular weight is 624 g/mol. The van der Waals surface area contributed by atoms with Crippen LogP contribution >= 0.6 is 7.60 Å². The van der Waals surface area contributed by atoms with Gasteiger partial charge < -0.3 is 15.1 Å². The first-order valence-electron chi connectivity index (χ1n) is 18.8. The van der Waals surface area contributed by atoms with Gasteiger partial charge in [0.1, 0.15) is 0 Å². The van der Waals surface area contributed by atoms with E-state index in [4.69, 9.17) is 9.79 Å². The molecule has 0 spiro atoms. The van der Waals surface area contributed by atoms with Crippen molar-refractivity contribution >= 4 is 7.60 Å². The summed E-state index contributed by atoms with van der Waals surface area (Å²) in [4.78, 5) is 17.7. The van der Waals surface area contributed by atoms with Gasteiger partial charge in [0.15, 0.2) is 0 Å². The molecular weight excluding hydrogens is 549 g/mol. The lowest BCUT2D eigenvalue weighted by molar-refractivity contribution is 0.370. The molecule has 254 valence electrons. The molecule has 1 rings (SSSR count). The number of nitrogens with one attached hydrogen (secondary N) is 1. The number of unbranched alkanes of at least 4 members (excludes halogenated alkanes) is 29. The molecule has 4 nitrogen and oxygen atoms in total. The Morgan fingerprint density at radius 3 is 0.860 bits per heavy atom. The summed E-state index contributed by atoms with van der Waals surface area (Å²) in [6, 6.07) is 0. The maximum absolute atomic E-state index is 10.8. The molecule has 1 aliphatic rings. The molecule has 0 unspecified atom stereocenters. The van der Waals surface area contributed by atoms with E-state index in [-0.39, 0.29) is 6.16 Å². The van der Waals surface area contributed by atoms with Gasteiger partial charge in [-0.3, -0.25) is 4.57 Å². The average Bonchev–Trinajstić information content (AvgIpc) is 3.31. The highest BCUT2D eigenvalue weighted by Crippen LogP contribution is 2.35. The van der Waals surface area contributed by atoms with Gasteiger partial charge in [0.05, 0.1) is 0 Å². The molecule has 0 bridgehead atoms. The van der Waals surface area contributed by atoms with Gasteiger partial charge in [0, 0.05) is 18.6 Å². The fourth-order valence-electron chi connectivity index (χ4n) is 5.75. The highest BCUT2D eigenvalue weighted by atomic mass is 31.2. The standard InChI is InChI=1S/C32H67O3P.C6H7N/c1-2-3-4-5-6-7-8-9-10-11-12-13-14-15-16-17-18-19-20-21-22-23-24-25-26-27-28-29-30-31-32-36(33,34)35;1-2-4-6-7-5-3-1/h2-32H2,1H3,(H2,33,34,35);1-7H. The lowest BCUT2D eigenvalue weighted by atomic mass is 10.0. The number of allylic oxidation sites excluding steroid dienone is 4. The molecule has 0 atom stereocenters. The third-order valence-corrected chi connectivity index (χ3v) is 9.42. The molecule has 0 aromatic heterocycles. The van der Waals surface area contributed by atoms with E-state index in [1.807, 2.05) is 36.7 Å². The Morgan fingerprint density at radius 2 is 0.628 bits per heavy atom. The maximum Gasteiger partial charge on any atom is 0.325 e. The molecule has 5 heteroatoms. The Bertz CT molecular complexity index is 656. The van der Waals surface area contributed by atoms with Crippen LogP contribution in [0.25, 0.3) is 0 Å². The van der Waals surface area contributed by atoms with E-state index in [0.717, 1.165) is 12.8 Å². The lowest BCUT2D eigenvalue weighted by Gasteiger charge is -2.05. The van der Waals surface area contributed by atoms with Crippen LogP contribution in [0.2, 0.25) is 0 Å². The summed E-state index contributed by atoms with van der Waals surface area (Å²) in [5.41, 5.74) is 0. The first kappa shape index (κ1) is 42.2. The van der Waals surface area contributed by atoms with E-state index in [0.29, 0.717) is 6.42 Å². The SMILES string of the molecule is C1=CC=CNC=C1.CCCCCCCCCCCCCCCCCCCCCCCCCCCCCCCCP(=O)(O)O. The Labute approximate surface area is 269 Å². The predicted octanol–water partition coefficient (Wildman–Crippen LogP) is 13.1. The summed E-state index contributed by atoms with van der Waals surface area (Å²) in [5.74, 6) is 0. The zero-order valence-corrected chi connectivity index (χ0v) is 29.5. The molecule has 43 heavy (non-hydrogen) atoms. The van der Waals surface area contributed by atoms with Crippen molar-refractivity contribution in [1.29, 1.82) is 0 Å². The van der Waals surface area contributed by atoms with Crippen molar-refractivity contribution in [3.8, 4) is 0 Å². The van der Waals surface area contributed by atoms with E-state index in [1.165, 1.54) is 173 Å². The van der Waals surface area contributed by atoms with Gasteiger partial charge in [0.25, 0.3) is 0 Å². The highest BCUT2D eigenvalue weighted by molar-refractivity contribution is 7.51. The van der Waals surface area contributed by atoms with Crippen molar-refractivity contribution in [3.05, 3.63) is 36.7 Å². The van der Waals surface area contributed by atoms with Crippen LogP contribution in [0.4, 0.5) is 0 Å². The molecular formula is C38H74NO3P. The topological polar surface area (TPSA) is 69.6 Å². The minimum atomic E-state index is -3.77. The van der Waals surface area contributed by atoms with Crippen molar-refractivity contribution in [2.75, 3.05) is 6.16 Å². The molecule has 0 aliphatic carbocycles. The van der Waals surface area contributed by atoms with E-state index in [9.17, 15) is 4.57 Å². The Kier molecular flexibility index (Phi) is 35.0. The lowest BCUT2D eigenvalue weighted by Crippen LogP contribution is -1.88. The largest absolute Gasteiger partial charge is 0.368 e. The number of hydrogen-bond donors (Lipinski definition) is 3. The van der Waals surface area contributed by atoms with E-state index in [1.54, 1.807) is 0 Å². The molecule has 0 saturated heterocycles. The van der Waals surface area contributed by atoms with Crippen LogP contribution < -0.4 is 5.32 Å². The van der Waals surface area contributed by atoms with Gasteiger partial charge in [-0.2, -0.15) is 0 Å². The summed E-state index contributed by atoms with van der Waals surface area (Å²) < 4.78 is 10.8. The van der Waals surface area contributed by atoms with Crippen LogP contribution in [0.1, 0.15) is 200 Å². The highest BCUT2D eigenvalue weighted by Gasteiger charge is 2.10. The van der Waals surface area contributed by atoms with Gasteiger partial charge in [-0.05, 0) is 18.6 Å². The minimum Gasteiger partial charge on any atom is -0.368 e. The summed E-state index contributed by atoms with van der Waals surface area (Å²) in [6.07, 6.45) is 52.9. The fraction of sp³-hybridized carbons (Fsp3) is 0.842. The Balaban J connectivity index is 0.00000218. The van der Waals surface area contributed by atoms with Gasteiger partial charge >= 0.3 is 7.60 Å². The zero-order valence-electron chi connectivity index (χ0n) is 28.6. The second-order valence-electron chi connectivity index (χ2n) is 12.9. The second kappa shape index (κ2) is 35.6. The number of rotatable bonds is 31. The van der Waals surface area contributed by atoms with Crippen molar-refractivity contribution < 1.29 is 14.4 Å². The van der Waals surface area contributed by atoms with Gasteiger partial charge in [-0.25, -0.2) is 0 Å². The predicted molar refractivity (Wildman–Crippen MR) is 192 cm³/mol. The quantitative estimate of drug-likeness (QED) is 0.0531. The summed E-state index contributed by atoms with van der Waals surface area (Å²) in [7, 11) is -3.77. The van der Waals surface area contributed by atoms with Crippen LogP contribution in [-0.4, -0.2) is 15.9 Å². The van der Waals surface area contributed by atoms with Crippen LogP contribution in [0.5, 0.6) is 0 Å². The van der Waals surface area contributed by atoms with E-state index in [2.05, 4.69) is 12.2 Å². The van der Waals surface area contributed by atoms with Crippen molar-refractivity contribution in [3.63, 3.8) is 0 Å². The maximum atomic E-state index is 10.8. The third kappa shape index (κ3) is 41.2. The van der Waals surface area contributed by atoms with Crippen molar-refractivity contribution in [2.45, 2.75) is 200 Å². The van der Waals surface area contributed by atoms with Crippen molar-refractivity contribution in [2.24, 2.45) is 0 Å². The Hall–Kier alpha value is -0.830. The Morgan fingerprint density at radius 1 is 0.395 bits per heavy atom. The summed E-state index contributed by atoms with van der Waals surface area (Å²) in [5, 5.41) is 2.92. The third-order valence-electron chi connectivity index (χ3n) is 8.52. The smallest absolute Gasteiger partial charge is 0.325 e. The van der Waals surface area contributed by atoms with Gasteiger partial charge in [-0.1, -0.05) is 205 Å². The fourth-order valence-corrected chi connectivity index (χ4v) is 6.38. The molecule has 0 aromatic rings. The first-order chi connectivity index (χ1) is 21.1. The van der Waals surface area contributed by atoms with Crippen LogP contribution in [0.3, 0.4) is 0 Å². The van der Waals surface area contributed by atoms with Crippen LogP contribution in [-0.2, 0) is 4.57 Å². The van der Waals surface area contributed by atoms with E-state index < -0.39 is 7.60 Å². The monoisotopic (exact) mass is 624 g/mol. The van der Waals surface area contributed by atoms with Gasteiger partial charge in [-0.15, -0.1) is 0 Å². The molecule has 3 N–H and O–H groups in total. The first-order valence-corrected chi connectivity index (χ1v) is 20.6. The number of hydrogen-bond acceptors (Lipinski definition) is 2. The molecule has 0 aromatic carbocycles. The molecule has 1 aliphatic heterocycles. The second-order valence-corrected chi connectivity index (χ2v) is 14.7. The molecule has 0 radical (unpaired) electrons. The van der Waals surface area contributed by atoms with Crippen LogP contribution in [0, 0.1) is 0 Å². The molecule has 0 amide bonds. The molecule has 1 heterocycles. The molecule has 0 saturated carbocycles. The summed E-state index contributed by atoms with van der Waals surface area (Å²) in [6.45, 7) is 2.30. The normalized spacial score (nSPS) is 12.6. The van der Waals surface area contributed by atoms with Crippen molar-refractivity contribution in [1.82, 2.24) is 5.32 Å². The zero-order chi connectivity index (χ0) is 31.4. The molecule has 0 fully saturated rings.